The Labute approximate surface area is 126 Å². The van der Waals surface area contributed by atoms with Crippen LogP contribution in [0.25, 0.3) is 0 Å². The maximum absolute atomic E-state index is 12.7. The van der Waals surface area contributed by atoms with Gasteiger partial charge in [0.1, 0.15) is 12.7 Å². The van der Waals surface area contributed by atoms with Gasteiger partial charge in [0.05, 0.1) is 6.04 Å². The van der Waals surface area contributed by atoms with E-state index in [1.807, 2.05) is 19.9 Å². The van der Waals surface area contributed by atoms with Gasteiger partial charge in [0.25, 0.3) is 0 Å². The third-order valence-corrected chi connectivity index (χ3v) is 4.53. The number of unbranched alkanes of at least 4 members (excludes halogenated alkanes) is 1. The molecule has 1 aromatic heterocycles. The second-order valence-electron chi connectivity index (χ2n) is 5.29. The summed E-state index contributed by atoms with van der Waals surface area (Å²) in [7, 11) is 0. The van der Waals surface area contributed by atoms with Crippen LogP contribution in [0.1, 0.15) is 42.1 Å². The Kier molecular flexibility index (Phi) is 4.93. The van der Waals surface area contributed by atoms with Crippen molar-refractivity contribution in [2.24, 2.45) is 0 Å². The molecule has 2 atom stereocenters. The highest BCUT2D eigenvalue weighted by Crippen LogP contribution is 2.33. The Balaban J connectivity index is 2.20. The fourth-order valence-electron chi connectivity index (χ4n) is 2.49. The smallest absolute Gasteiger partial charge is 0.312 e. The number of thiophene rings is 1. The van der Waals surface area contributed by atoms with Crippen LogP contribution in [0.3, 0.4) is 0 Å². The molecule has 21 heavy (non-hydrogen) atoms. The number of hydrogen-bond donors (Lipinski definition) is 1. The third kappa shape index (κ3) is 3.97. The molecule has 0 aromatic carbocycles. The standard InChI is InChI=1S/C14H19F3N2OS/c1-3-4-5-10-13(20)19(8-14(15,16)17)12(18-10)11-7-6-9(2)21-11/h6-7,10,12,18H,3-5,8H2,1-2H3. The van der Waals surface area contributed by atoms with Crippen molar-refractivity contribution in [1.82, 2.24) is 10.2 Å². The predicted molar refractivity (Wildman–Crippen MR) is 76.0 cm³/mol. The second-order valence-corrected chi connectivity index (χ2v) is 6.61. The molecular weight excluding hydrogens is 301 g/mol. The largest absolute Gasteiger partial charge is 0.406 e. The molecule has 1 fully saturated rings. The number of nitrogens with zero attached hydrogens (tertiary/aromatic N) is 1. The Morgan fingerprint density at radius 2 is 2.10 bits per heavy atom. The van der Waals surface area contributed by atoms with Crippen molar-refractivity contribution in [3.63, 3.8) is 0 Å². The van der Waals surface area contributed by atoms with E-state index in [0.717, 1.165) is 27.5 Å². The summed E-state index contributed by atoms with van der Waals surface area (Å²) in [6.07, 6.45) is -2.75. The van der Waals surface area contributed by atoms with Crippen LogP contribution in [-0.4, -0.2) is 29.6 Å². The highest BCUT2D eigenvalue weighted by atomic mass is 32.1. The first kappa shape index (κ1) is 16.3. The maximum atomic E-state index is 12.7. The molecule has 2 heterocycles. The zero-order chi connectivity index (χ0) is 15.6. The molecule has 1 aromatic rings. The first-order chi connectivity index (χ1) is 9.81. The van der Waals surface area contributed by atoms with E-state index in [4.69, 9.17) is 0 Å². The van der Waals surface area contributed by atoms with Crippen molar-refractivity contribution >= 4 is 17.2 Å². The second kappa shape index (κ2) is 6.36. The van der Waals surface area contributed by atoms with Crippen molar-refractivity contribution < 1.29 is 18.0 Å². The van der Waals surface area contributed by atoms with Gasteiger partial charge >= 0.3 is 6.18 Å². The van der Waals surface area contributed by atoms with Crippen molar-refractivity contribution in [1.29, 1.82) is 0 Å². The van der Waals surface area contributed by atoms with Crippen LogP contribution in [-0.2, 0) is 4.79 Å². The van der Waals surface area contributed by atoms with Gasteiger partial charge in [-0.05, 0) is 25.5 Å². The minimum Gasteiger partial charge on any atom is -0.312 e. The topological polar surface area (TPSA) is 32.3 Å². The van der Waals surface area contributed by atoms with E-state index in [1.165, 1.54) is 11.3 Å². The van der Waals surface area contributed by atoms with Gasteiger partial charge in [-0.1, -0.05) is 19.8 Å². The van der Waals surface area contributed by atoms with E-state index in [0.29, 0.717) is 6.42 Å². The zero-order valence-corrected chi connectivity index (χ0v) is 12.9. The number of aryl methyl sites for hydroxylation is 1. The average molecular weight is 320 g/mol. The monoisotopic (exact) mass is 320 g/mol. The Hall–Kier alpha value is -1.08. The highest BCUT2D eigenvalue weighted by molar-refractivity contribution is 7.12. The SMILES string of the molecule is CCCCC1NC(c2ccc(C)s2)N(CC(F)(F)F)C1=O. The number of carbonyl (C=O) groups is 1. The van der Waals surface area contributed by atoms with Crippen LogP contribution in [0, 0.1) is 6.92 Å². The predicted octanol–water partition coefficient (Wildman–Crippen LogP) is 3.61. The summed E-state index contributed by atoms with van der Waals surface area (Å²) in [6.45, 7) is 2.68. The molecule has 1 aliphatic rings. The van der Waals surface area contributed by atoms with Gasteiger partial charge < -0.3 is 4.90 Å². The van der Waals surface area contributed by atoms with Crippen molar-refractivity contribution in [3.8, 4) is 0 Å². The molecule has 118 valence electrons. The van der Waals surface area contributed by atoms with Gasteiger partial charge in [-0.25, -0.2) is 0 Å². The van der Waals surface area contributed by atoms with Crippen molar-refractivity contribution in [3.05, 3.63) is 21.9 Å². The van der Waals surface area contributed by atoms with Crippen molar-refractivity contribution in [2.45, 2.75) is 51.5 Å². The summed E-state index contributed by atoms with van der Waals surface area (Å²) in [4.78, 5) is 14.9. The number of nitrogens with one attached hydrogen (secondary N) is 1. The molecule has 7 heteroatoms. The number of halogens is 3. The fraction of sp³-hybridized carbons (Fsp3) is 0.643. The number of rotatable bonds is 5. The molecule has 1 saturated heterocycles. The van der Waals surface area contributed by atoms with E-state index in [9.17, 15) is 18.0 Å². The van der Waals surface area contributed by atoms with E-state index < -0.39 is 30.8 Å². The first-order valence-corrected chi connectivity index (χ1v) is 7.83. The van der Waals surface area contributed by atoms with Crippen LogP contribution in [0.5, 0.6) is 0 Å². The Morgan fingerprint density at radius 3 is 2.62 bits per heavy atom. The molecular formula is C14H19F3N2OS. The van der Waals surface area contributed by atoms with Crippen LogP contribution >= 0.6 is 11.3 Å². The lowest BCUT2D eigenvalue weighted by atomic mass is 10.1. The fourth-order valence-corrected chi connectivity index (χ4v) is 3.44. The number of hydrogen-bond acceptors (Lipinski definition) is 3. The summed E-state index contributed by atoms with van der Waals surface area (Å²) in [5.41, 5.74) is 0. The van der Waals surface area contributed by atoms with E-state index in [1.54, 1.807) is 6.07 Å². The van der Waals surface area contributed by atoms with Gasteiger partial charge in [0, 0.05) is 9.75 Å². The van der Waals surface area contributed by atoms with Crippen LogP contribution in [0.15, 0.2) is 12.1 Å². The molecule has 2 rings (SSSR count). The molecule has 3 nitrogen and oxygen atoms in total. The average Bonchev–Trinajstić information content (AvgIpc) is 2.92. The van der Waals surface area contributed by atoms with Crippen LogP contribution < -0.4 is 5.32 Å². The highest BCUT2D eigenvalue weighted by Gasteiger charge is 2.45. The molecule has 1 aliphatic heterocycles. The normalized spacial score (nSPS) is 23.1. The van der Waals surface area contributed by atoms with Gasteiger partial charge in [-0.15, -0.1) is 11.3 Å². The Morgan fingerprint density at radius 1 is 1.38 bits per heavy atom. The Bertz CT molecular complexity index is 501. The molecule has 0 saturated carbocycles. The summed E-state index contributed by atoms with van der Waals surface area (Å²) >= 11 is 1.42. The molecule has 0 spiro atoms. The van der Waals surface area contributed by atoms with Gasteiger partial charge in [-0.2, -0.15) is 13.2 Å². The summed E-state index contributed by atoms with van der Waals surface area (Å²) in [5, 5.41) is 3.06. The molecule has 0 radical (unpaired) electrons. The van der Waals surface area contributed by atoms with E-state index in [-0.39, 0.29) is 0 Å². The minimum absolute atomic E-state index is 0.447. The third-order valence-electron chi connectivity index (χ3n) is 3.48. The first-order valence-electron chi connectivity index (χ1n) is 7.01. The number of alkyl halides is 3. The van der Waals surface area contributed by atoms with Crippen LogP contribution in [0.4, 0.5) is 13.2 Å². The molecule has 1 N–H and O–H groups in total. The summed E-state index contributed by atoms with van der Waals surface area (Å²) in [5.74, 6) is -0.447. The number of carbonyl (C=O) groups excluding carboxylic acids is 1. The van der Waals surface area contributed by atoms with Crippen LogP contribution in [0.2, 0.25) is 0 Å². The van der Waals surface area contributed by atoms with Gasteiger partial charge in [0.2, 0.25) is 5.91 Å². The molecule has 0 bridgehead atoms. The lowest BCUT2D eigenvalue weighted by molar-refractivity contribution is -0.161. The lowest BCUT2D eigenvalue weighted by Gasteiger charge is -2.24. The van der Waals surface area contributed by atoms with E-state index >= 15 is 0 Å². The zero-order valence-electron chi connectivity index (χ0n) is 12.0. The lowest BCUT2D eigenvalue weighted by Crippen LogP contribution is -2.38. The maximum Gasteiger partial charge on any atom is 0.406 e. The molecule has 2 unspecified atom stereocenters. The quantitative estimate of drug-likeness (QED) is 0.899. The van der Waals surface area contributed by atoms with E-state index in [2.05, 4.69) is 5.32 Å². The van der Waals surface area contributed by atoms with Gasteiger partial charge in [0.15, 0.2) is 0 Å². The summed E-state index contributed by atoms with van der Waals surface area (Å²) in [6, 6.07) is 3.13. The minimum atomic E-state index is -4.39. The molecule has 0 aliphatic carbocycles. The molecule has 1 amide bonds. The number of amides is 1. The summed E-state index contributed by atoms with van der Waals surface area (Å²) < 4.78 is 38.2. The van der Waals surface area contributed by atoms with Crippen molar-refractivity contribution in [2.75, 3.05) is 6.54 Å². The van der Waals surface area contributed by atoms with Gasteiger partial charge in [-0.3, -0.25) is 10.1 Å².